The highest BCUT2D eigenvalue weighted by atomic mass is 14.0. The first-order chi connectivity index (χ1) is 5.85. The van der Waals surface area contributed by atoms with E-state index >= 15 is 0 Å². The lowest BCUT2D eigenvalue weighted by molar-refractivity contribution is 0.626. The van der Waals surface area contributed by atoms with E-state index in [4.69, 9.17) is 0 Å². The Morgan fingerprint density at radius 1 is 1.08 bits per heavy atom. The maximum atomic E-state index is 3.81. The zero-order valence-electron chi connectivity index (χ0n) is 8.73. The molecule has 0 aromatic heterocycles. The molecule has 0 fully saturated rings. The molecule has 0 atom stereocenters. The molecule has 12 heavy (non-hydrogen) atoms. The van der Waals surface area contributed by atoms with Gasteiger partial charge in [0.05, 0.1) is 0 Å². The highest BCUT2D eigenvalue weighted by Crippen LogP contribution is 2.12. The second-order valence-corrected chi connectivity index (χ2v) is 3.38. The van der Waals surface area contributed by atoms with Crippen molar-refractivity contribution >= 4 is 0 Å². The van der Waals surface area contributed by atoms with Gasteiger partial charge < -0.3 is 0 Å². The Morgan fingerprint density at radius 3 is 2.25 bits per heavy atom. The molecule has 0 heterocycles. The van der Waals surface area contributed by atoms with Crippen LogP contribution in [-0.2, 0) is 0 Å². The summed E-state index contributed by atoms with van der Waals surface area (Å²) in [6.45, 7) is 8.28. The maximum Gasteiger partial charge on any atom is -0.0313 e. The van der Waals surface area contributed by atoms with E-state index in [2.05, 4.69) is 20.8 Å². The van der Waals surface area contributed by atoms with Crippen LogP contribution in [0.15, 0.2) is 11.6 Å². The van der Waals surface area contributed by atoms with E-state index < -0.39 is 0 Å². The molecule has 0 unspecified atom stereocenters. The summed E-state index contributed by atoms with van der Waals surface area (Å²) in [6.07, 6.45) is 11.4. The van der Waals surface area contributed by atoms with Crippen LogP contribution < -0.4 is 0 Å². The quantitative estimate of drug-likeness (QED) is 0.489. The summed E-state index contributed by atoms with van der Waals surface area (Å²) < 4.78 is 0. The van der Waals surface area contributed by atoms with Gasteiger partial charge in [0, 0.05) is 0 Å². The van der Waals surface area contributed by atoms with Gasteiger partial charge in [0.15, 0.2) is 0 Å². The predicted octanol–water partition coefficient (Wildman–Crippen LogP) is 4.52. The average Bonchev–Trinajstić information content (AvgIpc) is 2.11. The molecule has 0 spiro atoms. The average molecular weight is 167 g/mol. The van der Waals surface area contributed by atoms with Crippen molar-refractivity contribution in [1.82, 2.24) is 0 Å². The van der Waals surface area contributed by atoms with E-state index in [0.29, 0.717) is 0 Å². The van der Waals surface area contributed by atoms with Crippen molar-refractivity contribution in [2.75, 3.05) is 0 Å². The highest BCUT2D eigenvalue weighted by Gasteiger charge is 1.93. The summed E-state index contributed by atoms with van der Waals surface area (Å²) in [4.78, 5) is 0. The van der Waals surface area contributed by atoms with Crippen molar-refractivity contribution in [3.05, 3.63) is 18.6 Å². The van der Waals surface area contributed by atoms with Crippen molar-refractivity contribution in [1.29, 1.82) is 0 Å². The fraction of sp³-hybridized carbons (Fsp3) is 0.750. The van der Waals surface area contributed by atoms with Gasteiger partial charge >= 0.3 is 0 Å². The van der Waals surface area contributed by atoms with Gasteiger partial charge in [-0.15, -0.1) is 0 Å². The molecule has 0 N–H and O–H groups in total. The van der Waals surface area contributed by atoms with Crippen LogP contribution in [0, 0.1) is 6.92 Å². The molecule has 0 rings (SSSR count). The Kier molecular flexibility index (Phi) is 8.64. The Morgan fingerprint density at radius 2 is 1.75 bits per heavy atom. The second-order valence-electron chi connectivity index (χ2n) is 3.38. The van der Waals surface area contributed by atoms with Gasteiger partial charge in [0.1, 0.15) is 0 Å². The van der Waals surface area contributed by atoms with E-state index in [0.717, 1.165) is 0 Å². The number of allylic oxidation sites excluding steroid dienone is 2. The van der Waals surface area contributed by atoms with Crippen LogP contribution in [0.3, 0.4) is 0 Å². The first kappa shape index (κ1) is 11.7. The van der Waals surface area contributed by atoms with Crippen LogP contribution in [0.25, 0.3) is 0 Å². The summed E-state index contributed by atoms with van der Waals surface area (Å²) in [7, 11) is 0. The van der Waals surface area contributed by atoms with E-state index in [9.17, 15) is 0 Å². The first-order valence-corrected chi connectivity index (χ1v) is 5.32. The zero-order valence-corrected chi connectivity index (χ0v) is 8.73. The normalized spacial score (nSPS) is 12.1. The van der Waals surface area contributed by atoms with Crippen molar-refractivity contribution in [2.45, 2.75) is 58.8 Å². The second kappa shape index (κ2) is 8.83. The molecule has 0 aromatic carbocycles. The van der Waals surface area contributed by atoms with Crippen molar-refractivity contribution in [3.63, 3.8) is 0 Å². The molecule has 0 aliphatic rings. The third-order valence-corrected chi connectivity index (χ3v) is 2.34. The monoisotopic (exact) mass is 167 g/mol. The van der Waals surface area contributed by atoms with Gasteiger partial charge in [-0.05, 0) is 26.2 Å². The van der Waals surface area contributed by atoms with Gasteiger partial charge in [-0.25, -0.2) is 0 Å². The largest absolute Gasteiger partial charge is 0.0850 e. The van der Waals surface area contributed by atoms with E-state index in [-0.39, 0.29) is 0 Å². The van der Waals surface area contributed by atoms with Gasteiger partial charge in [0.2, 0.25) is 0 Å². The maximum absolute atomic E-state index is 3.81. The minimum absolute atomic E-state index is 1.18. The predicted molar refractivity (Wildman–Crippen MR) is 57.1 cm³/mol. The Labute approximate surface area is 78.1 Å². The van der Waals surface area contributed by atoms with Gasteiger partial charge in [-0.2, -0.15) is 0 Å². The number of hydrogen-bond donors (Lipinski definition) is 0. The molecule has 0 heteroatoms. The van der Waals surface area contributed by atoms with Crippen LogP contribution in [0.4, 0.5) is 0 Å². The molecular weight excluding hydrogens is 144 g/mol. The zero-order chi connectivity index (χ0) is 9.23. The summed E-state index contributed by atoms with van der Waals surface area (Å²) in [5.74, 6) is 0. The highest BCUT2D eigenvalue weighted by molar-refractivity contribution is 5.02. The lowest BCUT2D eigenvalue weighted by Gasteiger charge is -2.02. The molecule has 0 aliphatic heterocycles. The lowest BCUT2D eigenvalue weighted by atomic mass is 10.0. The Hall–Kier alpha value is -0.260. The molecule has 0 saturated carbocycles. The van der Waals surface area contributed by atoms with Crippen molar-refractivity contribution < 1.29 is 0 Å². The molecule has 0 saturated heterocycles. The SMILES string of the molecule is [CH2]C=C(CC)CCCCCCC. The topological polar surface area (TPSA) is 0 Å². The van der Waals surface area contributed by atoms with Gasteiger partial charge in [-0.3, -0.25) is 0 Å². The van der Waals surface area contributed by atoms with Crippen molar-refractivity contribution in [3.8, 4) is 0 Å². The van der Waals surface area contributed by atoms with Crippen LogP contribution in [0.5, 0.6) is 0 Å². The van der Waals surface area contributed by atoms with Crippen LogP contribution >= 0.6 is 0 Å². The minimum Gasteiger partial charge on any atom is -0.0850 e. The third kappa shape index (κ3) is 6.45. The summed E-state index contributed by atoms with van der Waals surface area (Å²) in [5.41, 5.74) is 1.52. The standard InChI is InChI=1S/C12H23/c1-4-7-8-9-10-11-12(5-2)6-3/h5H,2,4,6-11H2,1,3H3. The fourth-order valence-electron chi connectivity index (χ4n) is 1.38. The van der Waals surface area contributed by atoms with E-state index in [1.165, 1.54) is 50.5 Å². The Bertz CT molecular complexity index is 111. The molecule has 0 aliphatic carbocycles. The molecule has 0 bridgehead atoms. The fourth-order valence-corrected chi connectivity index (χ4v) is 1.38. The van der Waals surface area contributed by atoms with E-state index in [1.54, 1.807) is 0 Å². The summed E-state index contributed by atoms with van der Waals surface area (Å²) >= 11 is 0. The van der Waals surface area contributed by atoms with Crippen LogP contribution in [-0.4, -0.2) is 0 Å². The minimum atomic E-state index is 1.18. The Balaban J connectivity index is 3.18. The smallest absolute Gasteiger partial charge is 0.0313 e. The number of rotatable bonds is 7. The molecule has 0 nitrogen and oxygen atoms in total. The molecule has 0 aromatic rings. The summed E-state index contributed by atoms with van der Waals surface area (Å²) in [5, 5.41) is 0. The number of unbranched alkanes of at least 4 members (excludes halogenated alkanes) is 4. The third-order valence-electron chi connectivity index (χ3n) is 2.34. The molecular formula is C12H23. The van der Waals surface area contributed by atoms with Gasteiger partial charge in [0.25, 0.3) is 0 Å². The van der Waals surface area contributed by atoms with Gasteiger partial charge in [-0.1, -0.05) is 51.2 Å². The summed E-state index contributed by atoms with van der Waals surface area (Å²) in [6, 6.07) is 0. The van der Waals surface area contributed by atoms with E-state index in [1.807, 2.05) is 6.08 Å². The lowest BCUT2D eigenvalue weighted by Crippen LogP contribution is -1.82. The van der Waals surface area contributed by atoms with Crippen LogP contribution in [0.1, 0.15) is 58.8 Å². The number of hydrogen-bond acceptors (Lipinski definition) is 0. The molecule has 1 radical (unpaired) electrons. The van der Waals surface area contributed by atoms with Crippen LogP contribution in [0.2, 0.25) is 0 Å². The molecule has 0 amide bonds. The molecule has 71 valence electrons. The van der Waals surface area contributed by atoms with Crippen molar-refractivity contribution in [2.24, 2.45) is 0 Å². The first-order valence-electron chi connectivity index (χ1n) is 5.32.